The van der Waals surface area contributed by atoms with E-state index in [4.69, 9.17) is 9.26 Å². The summed E-state index contributed by atoms with van der Waals surface area (Å²) in [6, 6.07) is 6.43. The number of methoxy groups -OCH3 is 1. The number of ether oxygens (including phenoxy) is 1. The number of aryl methyl sites for hydroxylation is 1. The Bertz CT molecular complexity index is 757. The SMILES string of the molecule is CC[C@H](C)[C@H](NC(=O)CCCc1nc(-c2ccc(OC)cc2)no1)C(=O)O. The van der Waals surface area contributed by atoms with Crippen LogP contribution in [0.5, 0.6) is 5.75 Å². The Morgan fingerprint density at radius 2 is 2.00 bits per heavy atom. The molecule has 1 aromatic heterocycles. The Hall–Kier alpha value is -2.90. The molecule has 2 atom stereocenters. The van der Waals surface area contributed by atoms with Crippen molar-refractivity contribution < 1.29 is 24.0 Å². The lowest BCUT2D eigenvalue weighted by atomic mass is 9.99. The van der Waals surface area contributed by atoms with E-state index in [0.29, 0.717) is 31.0 Å². The lowest BCUT2D eigenvalue weighted by molar-refractivity contribution is -0.143. The lowest BCUT2D eigenvalue weighted by Crippen LogP contribution is -2.44. The number of carboxylic acids is 1. The van der Waals surface area contributed by atoms with Crippen molar-refractivity contribution in [2.45, 2.75) is 45.6 Å². The molecule has 0 aliphatic carbocycles. The zero-order chi connectivity index (χ0) is 19.8. The molecule has 0 spiro atoms. The minimum absolute atomic E-state index is 0.130. The summed E-state index contributed by atoms with van der Waals surface area (Å²) in [4.78, 5) is 27.6. The van der Waals surface area contributed by atoms with Gasteiger partial charge in [0, 0.05) is 18.4 Å². The summed E-state index contributed by atoms with van der Waals surface area (Å²) in [7, 11) is 1.60. The molecule has 146 valence electrons. The maximum absolute atomic E-state index is 12.0. The van der Waals surface area contributed by atoms with Gasteiger partial charge in [-0.2, -0.15) is 4.98 Å². The summed E-state index contributed by atoms with van der Waals surface area (Å²) in [6.45, 7) is 3.70. The molecule has 2 rings (SSSR count). The molecule has 0 saturated carbocycles. The number of carboxylic acid groups (broad SMARTS) is 1. The van der Waals surface area contributed by atoms with Crippen molar-refractivity contribution in [3.63, 3.8) is 0 Å². The van der Waals surface area contributed by atoms with Gasteiger partial charge in [0.05, 0.1) is 7.11 Å². The topological polar surface area (TPSA) is 115 Å². The van der Waals surface area contributed by atoms with Crippen LogP contribution in [0.3, 0.4) is 0 Å². The quantitative estimate of drug-likeness (QED) is 0.656. The smallest absolute Gasteiger partial charge is 0.326 e. The van der Waals surface area contributed by atoms with Gasteiger partial charge in [-0.15, -0.1) is 0 Å². The number of aromatic nitrogens is 2. The normalized spacial score (nSPS) is 13.0. The maximum Gasteiger partial charge on any atom is 0.326 e. The highest BCUT2D eigenvalue weighted by molar-refractivity contribution is 5.83. The second-order valence-electron chi connectivity index (χ2n) is 6.36. The van der Waals surface area contributed by atoms with Crippen LogP contribution in [0.1, 0.15) is 39.0 Å². The Balaban J connectivity index is 1.84. The first-order valence-corrected chi connectivity index (χ1v) is 8.93. The summed E-state index contributed by atoms with van der Waals surface area (Å²) in [5.41, 5.74) is 0.807. The van der Waals surface area contributed by atoms with Gasteiger partial charge in [0.1, 0.15) is 11.8 Å². The number of carbonyl (C=O) groups is 2. The molecule has 1 aromatic carbocycles. The van der Waals surface area contributed by atoms with Crippen LogP contribution in [0, 0.1) is 5.92 Å². The highest BCUT2D eigenvalue weighted by Crippen LogP contribution is 2.20. The summed E-state index contributed by atoms with van der Waals surface area (Å²) in [5.74, 6) is 0.210. The predicted molar refractivity (Wildman–Crippen MR) is 98.2 cm³/mol. The van der Waals surface area contributed by atoms with Gasteiger partial charge in [-0.05, 0) is 36.6 Å². The molecule has 2 aromatic rings. The average Bonchev–Trinajstić information content (AvgIpc) is 3.14. The molecule has 1 amide bonds. The van der Waals surface area contributed by atoms with Gasteiger partial charge in [0.25, 0.3) is 0 Å². The number of hydrogen-bond donors (Lipinski definition) is 2. The van der Waals surface area contributed by atoms with E-state index >= 15 is 0 Å². The number of carbonyl (C=O) groups excluding carboxylic acids is 1. The first kappa shape index (κ1) is 20.4. The predicted octanol–water partition coefficient (Wildman–Crippen LogP) is 2.68. The average molecular weight is 375 g/mol. The fourth-order valence-corrected chi connectivity index (χ4v) is 2.54. The zero-order valence-electron chi connectivity index (χ0n) is 15.8. The molecule has 8 nitrogen and oxygen atoms in total. The lowest BCUT2D eigenvalue weighted by Gasteiger charge is -2.19. The van der Waals surface area contributed by atoms with Gasteiger partial charge in [-0.1, -0.05) is 25.4 Å². The largest absolute Gasteiger partial charge is 0.497 e. The van der Waals surface area contributed by atoms with E-state index in [1.165, 1.54) is 0 Å². The van der Waals surface area contributed by atoms with Crippen LogP contribution >= 0.6 is 0 Å². The Morgan fingerprint density at radius 3 is 2.59 bits per heavy atom. The Kier molecular flexibility index (Phi) is 7.34. The molecule has 0 aliphatic heterocycles. The van der Waals surface area contributed by atoms with Gasteiger partial charge < -0.3 is 19.7 Å². The van der Waals surface area contributed by atoms with Crippen molar-refractivity contribution in [1.82, 2.24) is 15.5 Å². The third-order valence-corrected chi connectivity index (χ3v) is 4.41. The van der Waals surface area contributed by atoms with Crippen LogP contribution < -0.4 is 10.1 Å². The molecule has 0 unspecified atom stereocenters. The molecule has 0 saturated heterocycles. The first-order chi connectivity index (χ1) is 12.9. The summed E-state index contributed by atoms with van der Waals surface area (Å²) in [6.07, 6.45) is 1.80. The van der Waals surface area contributed by atoms with E-state index in [0.717, 1.165) is 11.3 Å². The van der Waals surface area contributed by atoms with Crippen LogP contribution in [0.25, 0.3) is 11.4 Å². The van der Waals surface area contributed by atoms with Crippen molar-refractivity contribution >= 4 is 11.9 Å². The summed E-state index contributed by atoms with van der Waals surface area (Å²) >= 11 is 0. The monoisotopic (exact) mass is 375 g/mol. The van der Waals surface area contributed by atoms with Crippen molar-refractivity contribution in [1.29, 1.82) is 0 Å². The molecular formula is C19H25N3O5. The maximum atomic E-state index is 12.0. The second kappa shape index (κ2) is 9.70. The van der Waals surface area contributed by atoms with Crippen LogP contribution in [0.2, 0.25) is 0 Å². The number of nitrogens with zero attached hydrogens (tertiary/aromatic N) is 2. The van der Waals surface area contributed by atoms with E-state index in [2.05, 4.69) is 15.5 Å². The van der Waals surface area contributed by atoms with Gasteiger partial charge in [0.15, 0.2) is 0 Å². The molecule has 0 aliphatic rings. The fraction of sp³-hybridized carbons (Fsp3) is 0.474. The highest BCUT2D eigenvalue weighted by Gasteiger charge is 2.25. The molecule has 8 heteroatoms. The molecular weight excluding hydrogens is 350 g/mol. The van der Waals surface area contributed by atoms with Crippen molar-refractivity contribution in [3.05, 3.63) is 30.2 Å². The fourth-order valence-electron chi connectivity index (χ4n) is 2.54. The number of rotatable bonds is 10. The van der Waals surface area contributed by atoms with E-state index in [-0.39, 0.29) is 18.2 Å². The van der Waals surface area contributed by atoms with Crippen molar-refractivity contribution in [2.24, 2.45) is 5.92 Å². The minimum Gasteiger partial charge on any atom is -0.497 e. The molecule has 0 radical (unpaired) electrons. The standard InChI is InChI=1S/C19H25N3O5/c1-4-12(2)17(19(24)25)20-15(23)6-5-7-16-21-18(22-27-16)13-8-10-14(26-3)11-9-13/h8-12,17H,4-7H2,1-3H3,(H,20,23)(H,24,25)/t12-,17-/m0/s1. The number of hydrogen-bond acceptors (Lipinski definition) is 6. The molecule has 1 heterocycles. The number of benzene rings is 1. The van der Waals surface area contributed by atoms with E-state index in [1.807, 2.05) is 31.2 Å². The molecule has 27 heavy (non-hydrogen) atoms. The second-order valence-corrected chi connectivity index (χ2v) is 6.36. The van der Waals surface area contributed by atoms with Gasteiger partial charge >= 0.3 is 5.97 Å². The molecule has 0 fully saturated rings. The van der Waals surface area contributed by atoms with E-state index in [9.17, 15) is 14.7 Å². The number of nitrogens with one attached hydrogen (secondary N) is 1. The minimum atomic E-state index is -1.02. The number of aliphatic carboxylic acids is 1. The Labute approximate surface area is 157 Å². The first-order valence-electron chi connectivity index (χ1n) is 8.93. The third-order valence-electron chi connectivity index (χ3n) is 4.41. The van der Waals surface area contributed by atoms with Crippen molar-refractivity contribution in [2.75, 3.05) is 7.11 Å². The van der Waals surface area contributed by atoms with Crippen LogP contribution in [-0.2, 0) is 16.0 Å². The highest BCUT2D eigenvalue weighted by atomic mass is 16.5. The summed E-state index contributed by atoms with van der Waals surface area (Å²) < 4.78 is 10.3. The zero-order valence-corrected chi connectivity index (χ0v) is 15.8. The third kappa shape index (κ3) is 5.80. The van der Waals surface area contributed by atoms with Crippen LogP contribution in [-0.4, -0.2) is 40.3 Å². The molecule has 0 bridgehead atoms. The van der Waals surface area contributed by atoms with E-state index < -0.39 is 12.0 Å². The van der Waals surface area contributed by atoms with Crippen LogP contribution in [0.4, 0.5) is 0 Å². The summed E-state index contributed by atoms with van der Waals surface area (Å²) in [5, 5.41) is 15.7. The van der Waals surface area contributed by atoms with E-state index in [1.54, 1.807) is 14.0 Å². The Morgan fingerprint density at radius 1 is 1.30 bits per heavy atom. The van der Waals surface area contributed by atoms with Gasteiger partial charge in [-0.25, -0.2) is 4.79 Å². The van der Waals surface area contributed by atoms with Gasteiger partial charge in [0.2, 0.25) is 17.6 Å². The molecule has 2 N–H and O–H groups in total. The van der Waals surface area contributed by atoms with Crippen LogP contribution in [0.15, 0.2) is 28.8 Å². The van der Waals surface area contributed by atoms with Crippen molar-refractivity contribution in [3.8, 4) is 17.1 Å². The number of amides is 1. The van der Waals surface area contributed by atoms with Gasteiger partial charge in [-0.3, -0.25) is 4.79 Å².